The second kappa shape index (κ2) is 5.48. The number of rotatable bonds is 4. The lowest BCUT2D eigenvalue weighted by Crippen LogP contribution is -2.11. The monoisotopic (exact) mass is 230 g/mol. The maximum Gasteiger partial charge on any atom is 0.136 e. The Bertz CT molecular complexity index is 380. The first-order chi connectivity index (χ1) is 8.15. The molecular weight excluding hydrogens is 208 g/mol. The molecule has 1 heteroatoms. The van der Waals surface area contributed by atoms with Crippen LogP contribution in [0.2, 0.25) is 0 Å². The van der Waals surface area contributed by atoms with Gasteiger partial charge in [0.2, 0.25) is 0 Å². The van der Waals surface area contributed by atoms with Crippen LogP contribution in [0.5, 0.6) is 0 Å². The summed E-state index contributed by atoms with van der Waals surface area (Å²) in [6.45, 7) is 4.24. The van der Waals surface area contributed by atoms with E-state index in [-0.39, 0.29) is 0 Å². The molecule has 1 fully saturated rings. The molecule has 0 amide bonds. The first-order valence-electron chi connectivity index (χ1n) is 6.75. The number of carbonyl (C=O) groups is 1. The van der Waals surface area contributed by atoms with Crippen LogP contribution in [0.25, 0.3) is 0 Å². The highest BCUT2D eigenvalue weighted by Gasteiger charge is 2.21. The van der Waals surface area contributed by atoms with Gasteiger partial charge in [-0.3, -0.25) is 4.79 Å². The van der Waals surface area contributed by atoms with Gasteiger partial charge in [0.05, 0.1) is 0 Å². The average molecular weight is 230 g/mol. The minimum Gasteiger partial charge on any atom is -0.299 e. The Morgan fingerprint density at radius 3 is 2.29 bits per heavy atom. The van der Waals surface area contributed by atoms with Crippen LogP contribution in [-0.4, -0.2) is 5.78 Å². The predicted octanol–water partition coefficient (Wildman–Crippen LogP) is 4.00. The van der Waals surface area contributed by atoms with Gasteiger partial charge in [-0.05, 0) is 38.7 Å². The van der Waals surface area contributed by atoms with Crippen molar-refractivity contribution < 1.29 is 4.79 Å². The van der Waals surface area contributed by atoms with Gasteiger partial charge in [-0.1, -0.05) is 42.2 Å². The topological polar surface area (TPSA) is 17.1 Å². The molecule has 0 saturated heterocycles. The molecule has 1 saturated carbocycles. The summed E-state index contributed by atoms with van der Waals surface area (Å²) in [5, 5.41) is 0. The second-order valence-electron chi connectivity index (χ2n) is 5.44. The van der Waals surface area contributed by atoms with Crippen molar-refractivity contribution in [2.45, 2.75) is 52.4 Å². The highest BCUT2D eigenvalue weighted by atomic mass is 16.1. The molecule has 0 spiro atoms. The lowest BCUT2D eigenvalue weighted by Gasteiger charge is -2.08. The maximum absolute atomic E-state index is 12.0. The fourth-order valence-corrected chi connectivity index (χ4v) is 2.93. The third kappa shape index (κ3) is 3.42. The van der Waals surface area contributed by atoms with Crippen LogP contribution >= 0.6 is 0 Å². The molecule has 2 rings (SSSR count). The van der Waals surface area contributed by atoms with Gasteiger partial charge in [-0.15, -0.1) is 0 Å². The minimum atomic E-state index is 0.376. The Labute approximate surface area is 104 Å². The van der Waals surface area contributed by atoms with Gasteiger partial charge in [0, 0.05) is 12.3 Å². The van der Waals surface area contributed by atoms with Gasteiger partial charge in [0.15, 0.2) is 0 Å². The van der Waals surface area contributed by atoms with E-state index < -0.39 is 0 Å². The van der Waals surface area contributed by atoms with E-state index in [1.54, 1.807) is 0 Å². The molecule has 0 atom stereocenters. The summed E-state index contributed by atoms with van der Waals surface area (Å²) in [7, 11) is 0. The molecule has 17 heavy (non-hydrogen) atoms. The van der Waals surface area contributed by atoms with E-state index in [9.17, 15) is 4.79 Å². The molecule has 1 aliphatic carbocycles. The summed E-state index contributed by atoms with van der Waals surface area (Å²) >= 11 is 0. The van der Waals surface area contributed by atoms with Crippen LogP contribution in [0, 0.1) is 19.8 Å². The van der Waals surface area contributed by atoms with Gasteiger partial charge in [-0.2, -0.15) is 0 Å². The van der Waals surface area contributed by atoms with Crippen molar-refractivity contribution >= 4 is 5.78 Å². The lowest BCUT2D eigenvalue weighted by atomic mass is 9.96. The summed E-state index contributed by atoms with van der Waals surface area (Å²) in [6, 6.07) is 6.59. The molecule has 0 radical (unpaired) electrons. The third-order valence-electron chi connectivity index (χ3n) is 3.75. The summed E-state index contributed by atoms with van der Waals surface area (Å²) in [5.74, 6) is 0.863. The van der Waals surface area contributed by atoms with Crippen molar-refractivity contribution in [3.63, 3.8) is 0 Å². The lowest BCUT2D eigenvalue weighted by molar-refractivity contribution is -0.122. The molecule has 0 N–H and O–H groups in total. The normalized spacial score (nSPS) is 16.4. The molecule has 1 aliphatic rings. The van der Waals surface area contributed by atoms with Crippen molar-refractivity contribution in [2.75, 3.05) is 0 Å². The number of hydrogen-bond acceptors (Lipinski definition) is 1. The Hall–Kier alpha value is -1.11. The summed E-state index contributed by atoms with van der Waals surface area (Å²) < 4.78 is 0. The highest BCUT2D eigenvalue weighted by molar-refractivity contribution is 5.81. The standard InChI is InChI=1S/C16H22O/c1-12-9-13(2)11-14(10-12)7-8-16(17)15-5-3-4-6-15/h9-11,15H,3-8H2,1-2H3. The Morgan fingerprint density at radius 1 is 1.12 bits per heavy atom. The van der Waals surface area contributed by atoms with E-state index in [1.165, 1.54) is 29.5 Å². The zero-order valence-corrected chi connectivity index (χ0v) is 11.0. The van der Waals surface area contributed by atoms with E-state index in [2.05, 4.69) is 32.0 Å². The van der Waals surface area contributed by atoms with E-state index >= 15 is 0 Å². The minimum absolute atomic E-state index is 0.376. The van der Waals surface area contributed by atoms with Crippen molar-refractivity contribution in [2.24, 2.45) is 5.92 Å². The van der Waals surface area contributed by atoms with Crippen LogP contribution in [0.4, 0.5) is 0 Å². The van der Waals surface area contributed by atoms with Crippen LogP contribution in [0.1, 0.15) is 48.8 Å². The smallest absolute Gasteiger partial charge is 0.136 e. The van der Waals surface area contributed by atoms with Gasteiger partial charge in [0.25, 0.3) is 0 Å². The molecule has 0 aliphatic heterocycles. The molecule has 0 unspecified atom stereocenters. The molecule has 0 bridgehead atoms. The Morgan fingerprint density at radius 2 is 1.71 bits per heavy atom. The zero-order valence-electron chi connectivity index (χ0n) is 11.0. The van der Waals surface area contributed by atoms with Crippen LogP contribution in [0.15, 0.2) is 18.2 Å². The maximum atomic E-state index is 12.0. The Kier molecular flexibility index (Phi) is 3.98. The number of carbonyl (C=O) groups excluding carboxylic acids is 1. The largest absolute Gasteiger partial charge is 0.299 e. The van der Waals surface area contributed by atoms with E-state index in [1.807, 2.05) is 0 Å². The molecule has 92 valence electrons. The summed E-state index contributed by atoms with van der Waals surface area (Å²) in [6.07, 6.45) is 6.41. The third-order valence-corrected chi connectivity index (χ3v) is 3.75. The first kappa shape index (κ1) is 12.3. The molecule has 0 aromatic heterocycles. The van der Waals surface area contributed by atoms with Crippen LogP contribution in [-0.2, 0) is 11.2 Å². The number of hydrogen-bond donors (Lipinski definition) is 0. The van der Waals surface area contributed by atoms with Gasteiger partial charge in [-0.25, -0.2) is 0 Å². The quantitative estimate of drug-likeness (QED) is 0.764. The number of ketones is 1. The predicted molar refractivity (Wildman–Crippen MR) is 71.2 cm³/mol. The van der Waals surface area contributed by atoms with Crippen molar-refractivity contribution in [1.29, 1.82) is 0 Å². The van der Waals surface area contributed by atoms with Crippen LogP contribution in [0.3, 0.4) is 0 Å². The summed E-state index contributed by atoms with van der Waals surface area (Å²) in [4.78, 5) is 12.0. The van der Waals surface area contributed by atoms with E-state index in [4.69, 9.17) is 0 Å². The fraction of sp³-hybridized carbons (Fsp3) is 0.562. The first-order valence-corrected chi connectivity index (χ1v) is 6.75. The molecule has 1 aromatic rings. The number of Topliss-reactive ketones (excluding diaryl/α,β-unsaturated/α-hetero) is 1. The van der Waals surface area contributed by atoms with Gasteiger partial charge < -0.3 is 0 Å². The van der Waals surface area contributed by atoms with E-state index in [0.717, 1.165) is 25.7 Å². The van der Waals surface area contributed by atoms with Crippen molar-refractivity contribution in [3.8, 4) is 0 Å². The Balaban J connectivity index is 1.90. The number of aryl methyl sites for hydroxylation is 3. The fourth-order valence-electron chi connectivity index (χ4n) is 2.93. The highest BCUT2D eigenvalue weighted by Crippen LogP contribution is 2.26. The van der Waals surface area contributed by atoms with Crippen molar-refractivity contribution in [1.82, 2.24) is 0 Å². The number of benzene rings is 1. The second-order valence-corrected chi connectivity index (χ2v) is 5.44. The molecular formula is C16H22O. The van der Waals surface area contributed by atoms with Gasteiger partial charge >= 0.3 is 0 Å². The SMILES string of the molecule is Cc1cc(C)cc(CCC(=O)C2CCCC2)c1. The van der Waals surface area contributed by atoms with Gasteiger partial charge in [0.1, 0.15) is 5.78 Å². The molecule has 0 heterocycles. The van der Waals surface area contributed by atoms with E-state index in [0.29, 0.717) is 11.7 Å². The summed E-state index contributed by atoms with van der Waals surface area (Å²) in [5.41, 5.74) is 3.91. The molecule has 1 aromatic carbocycles. The molecule has 1 nitrogen and oxygen atoms in total. The van der Waals surface area contributed by atoms with Crippen molar-refractivity contribution in [3.05, 3.63) is 34.9 Å². The van der Waals surface area contributed by atoms with Crippen LogP contribution < -0.4 is 0 Å². The average Bonchev–Trinajstić information content (AvgIpc) is 2.78. The zero-order chi connectivity index (χ0) is 12.3.